The molecule has 2 aromatic carbocycles. The van der Waals surface area contributed by atoms with Crippen LogP contribution in [-0.2, 0) is 28.0 Å². The van der Waals surface area contributed by atoms with Crippen LogP contribution in [-0.4, -0.2) is 111 Å². The normalized spacial score (nSPS) is 19.5. The van der Waals surface area contributed by atoms with E-state index in [0.29, 0.717) is 73.4 Å². The van der Waals surface area contributed by atoms with Gasteiger partial charge in [0.1, 0.15) is 17.5 Å². The molecule has 1 saturated carbocycles. The molecule has 4 aliphatic heterocycles. The summed E-state index contributed by atoms with van der Waals surface area (Å²) >= 11 is 0. The number of benzene rings is 2. The van der Waals surface area contributed by atoms with Gasteiger partial charge in [0.05, 0.1) is 45.6 Å². The van der Waals surface area contributed by atoms with Gasteiger partial charge in [0.15, 0.2) is 6.29 Å². The molecular weight excluding hydrogens is 817 g/mol. The zero-order chi connectivity index (χ0) is 44.1. The van der Waals surface area contributed by atoms with Gasteiger partial charge in [-0.05, 0) is 92.7 Å². The summed E-state index contributed by atoms with van der Waals surface area (Å²) in [6, 6.07) is 13.3. The first-order chi connectivity index (χ1) is 31.1. The first-order valence-corrected chi connectivity index (χ1v) is 21.8. The number of piperazine rings is 1. The Morgan fingerprint density at radius 1 is 0.844 bits per heavy atom. The second-order valence-electron chi connectivity index (χ2n) is 17.1. The number of hydrogen-bond donors (Lipinski definition) is 3. The Morgan fingerprint density at radius 2 is 1.59 bits per heavy atom. The third kappa shape index (κ3) is 7.26. The fourth-order valence-corrected chi connectivity index (χ4v) is 10.0. The number of aryl methyl sites for hydroxylation is 2. The molecule has 2 saturated heterocycles. The van der Waals surface area contributed by atoms with Crippen molar-refractivity contribution in [2.75, 3.05) is 50.0 Å². The van der Waals surface area contributed by atoms with Crippen LogP contribution in [0.15, 0.2) is 71.2 Å². The molecule has 3 N–H and O–H groups in total. The Labute approximate surface area is 367 Å². The van der Waals surface area contributed by atoms with Crippen LogP contribution in [0.1, 0.15) is 97.6 Å². The van der Waals surface area contributed by atoms with Crippen molar-refractivity contribution in [1.82, 2.24) is 40.0 Å². The number of likely N-dealkylation sites (N-methyl/N-ethyl adjacent to an activating group) is 1. The van der Waals surface area contributed by atoms with Crippen molar-refractivity contribution in [2.24, 2.45) is 10.2 Å². The summed E-state index contributed by atoms with van der Waals surface area (Å²) in [5.41, 5.74) is 5.44. The van der Waals surface area contributed by atoms with Crippen LogP contribution in [0.25, 0.3) is 11.0 Å². The molecule has 7 heterocycles. The summed E-state index contributed by atoms with van der Waals surface area (Å²) in [6.45, 7) is 2.97. The second-order valence-corrected chi connectivity index (χ2v) is 17.1. The summed E-state index contributed by atoms with van der Waals surface area (Å²) in [5, 5.41) is 18.6. The topological polar surface area (TPSA) is 217 Å². The lowest BCUT2D eigenvalue weighted by Gasteiger charge is -2.40. The number of nitrogens with one attached hydrogen (secondary N) is 3. The van der Waals surface area contributed by atoms with E-state index in [1.54, 1.807) is 30.6 Å². The molecule has 1 atom stereocenters. The highest BCUT2D eigenvalue weighted by atomic mass is 16.2. The van der Waals surface area contributed by atoms with E-state index in [-0.39, 0.29) is 35.4 Å². The minimum absolute atomic E-state index is 0.0374. The first-order valence-electron chi connectivity index (χ1n) is 21.8. The minimum Gasteiger partial charge on any atom is -0.367 e. The average Bonchev–Trinajstić information content (AvgIpc) is 3.80. The van der Waals surface area contributed by atoms with Gasteiger partial charge in [-0.3, -0.25) is 39.0 Å². The second kappa shape index (κ2) is 16.5. The van der Waals surface area contributed by atoms with E-state index >= 15 is 0 Å². The van der Waals surface area contributed by atoms with Crippen molar-refractivity contribution in [3.8, 4) is 0 Å². The minimum atomic E-state index is -1.06. The molecule has 1 aliphatic carbocycles. The highest BCUT2D eigenvalue weighted by Crippen LogP contribution is 2.39. The highest BCUT2D eigenvalue weighted by Gasteiger charge is 2.45. The van der Waals surface area contributed by atoms with Crippen LogP contribution in [0, 0.1) is 0 Å². The molecule has 326 valence electrons. The number of imide groups is 2. The lowest BCUT2D eigenvalue weighted by molar-refractivity contribution is -0.136. The quantitative estimate of drug-likeness (QED) is 0.130. The maximum Gasteiger partial charge on any atom is 0.262 e. The number of carbonyl (C=O) groups is 6. The van der Waals surface area contributed by atoms with Crippen molar-refractivity contribution in [3.63, 3.8) is 0 Å². The van der Waals surface area contributed by atoms with E-state index in [1.807, 2.05) is 36.2 Å². The number of nitrogens with zero attached hydrogens (tertiary/aromatic N) is 9. The molecular formula is C46H46N12O6. The monoisotopic (exact) mass is 862 g/mol. The molecule has 18 nitrogen and oxygen atoms in total. The fourth-order valence-electron chi connectivity index (χ4n) is 10.0. The van der Waals surface area contributed by atoms with Gasteiger partial charge in [0.25, 0.3) is 17.7 Å². The standard InChI is InChI=1S/C46H46N12O6/c1-47-26-46(13-3-2-4-14-46)58-32(25-59)19-30-23-49-45(52-40(30)58)50-38-11-9-31(24-48-38)55-15-17-56(18-16-55)42(62)29-8-6-27-5-7-28-20-33-34(22-36(28)54-53-35(27)21-29)44(64)57(43(33)63)37-10-12-39(60)51-41(37)61/h6,8-9,11,19-25,37,47H,2-5,7,10,12-18,26H2,1H3,(H,51,60,61)(H,48,49,50,52). The lowest BCUT2D eigenvalue weighted by Crippen LogP contribution is -2.54. The van der Waals surface area contributed by atoms with E-state index in [9.17, 15) is 28.8 Å². The molecule has 1 unspecified atom stereocenters. The van der Waals surface area contributed by atoms with Gasteiger partial charge in [-0.15, -0.1) is 0 Å². The molecule has 3 aromatic heterocycles. The SMILES string of the molecule is CNCC1(n2c(C=O)cc3cnc(Nc4ccc(N5CCN(C(=O)c6ccc7c(c6)N=Nc6cc8c(cc6CC7)C(=O)N(C6CCC(=O)NC6=O)C8=O)CC5)cn4)nc32)CCCCC1. The molecule has 5 amide bonds. The van der Waals surface area contributed by atoms with E-state index in [4.69, 9.17) is 4.98 Å². The number of hydrogen-bond acceptors (Lipinski definition) is 14. The van der Waals surface area contributed by atoms with Crippen LogP contribution in [0.2, 0.25) is 0 Å². The summed E-state index contributed by atoms with van der Waals surface area (Å²) in [4.78, 5) is 96.2. The van der Waals surface area contributed by atoms with Gasteiger partial charge in [0, 0.05) is 56.3 Å². The molecule has 5 aliphatic rings. The molecule has 18 heteroatoms. The molecule has 0 radical (unpaired) electrons. The molecule has 5 aromatic rings. The number of rotatable bonds is 9. The van der Waals surface area contributed by atoms with Gasteiger partial charge in [-0.25, -0.2) is 9.97 Å². The van der Waals surface area contributed by atoms with Crippen molar-refractivity contribution in [3.05, 3.63) is 94.4 Å². The number of piperidine rings is 1. The van der Waals surface area contributed by atoms with Gasteiger partial charge < -0.3 is 25.0 Å². The largest absolute Gasteiger partial charge is 0.367 e. The zero-order valence-corrected chi connectivity index (χ0v) is 35.3. The summed E-state index contributed by atoms with van der Waals surface area (Å²) in [6.07, 6.45) is 10.9. The Kier molecular flexibility index (Phi) is 10.5. The first kappa shape index (κ1) is 40.8. The smallest absolute Gasteiger partial charge is 0.262 e. The van der Waals surface area contributed by atoms with Crippen LogP contribution in [0.5, 0.6) is 0 Å². The van der Waals surface area contributed by atoms with Gasteiger partial charge in [-0.2, -0.15) is 15.2 Å². The number of aldehydes is 1. The third-order valence-electron chi connectivity index (χ3n) is 13.3. The van der Waals surface area contributed by atoms with Crippen LogP contribution >= 0.6 is 0 Å². The van der Waals surface area contributed by atoms with Gasteiger partial charge in [-0.1, -0.05) is 25.3 Å². The predicted molar refractivity (Wildman–Crippen MR) is 235 cm³/mol. The lowest BCUT2D eigenvalue weighted by atomic mass is 9.81. The molecule has 0 spiro atoms. The summed E-state index contributed by atoms with van der Waals surface area (Å²) in [7, 11) is 1.94. The Hall–Kier alpha value is -7.21. The maximum atomic E-state index is 13.8. The molecule has 10 rings (SSSR count). The third-order valence-corrected chi connectivity index (χ3v) is 13.3. The van der Waals surface area contributed by atoms with E-state index in [1.165, 1.54) is 12.5 Å². The van der Waals surface area contributed by atoms with Crippen molar-refractivity contribution in [2.45, 2.75) is 69.4 Å². The number of aromatic nitrogens is 4. The summed E-state index contributed by atoms with van der Waals surface area (Å²) in [5.74, 6) is -1.42. The average molecular weight is 863 g/mol. The number of fused-ring (bicyclic) bond motifs is 4. The molecule has 3 fully saturated rings. The molecule has 0 bridgehead atoms. The zero-order valence-electron chi connectivity index (χ0n) is 35.3. The number of azo groups is 1. The van der Waals surface area contributed by atoms with Crippen LogP contribution < -0.4 is 20.9 Å². The number of anilines is 3. The van der Waals surface area contributed by atoms with Gasteiger partial charge in [0.2, 0.25) is 17.8 Å². The fraction of sp³-hybridized carbons (Fsp3) is 0.370. The van der Waals surface area contributed by atoms with Crippen molar-refractivity contribution in [1.29, 1.82) is 0 Å². The summed E-state index contributed by atoms with van der Waals surface area (Å²) < 4.78 is 2.11. The Bertz CT molecular complexity index is 2780. The van der Waals surface area contributed by atoms with Crippen molar-refractivity contribution < 1.29 is 28.8 Å². The van der Waals surface area contributed by atoms with E-state index < -0.39 is 29.7 Å². The Balaban J connectivity index is 0.786. The van der Waals surface area contributed by atoms with E-state index in [0.717, 1.165) is 71.3 Å². The molecule has 64 heavy (non-hydrogen) atoms. The highest BCUT2D eigenvalue weighted by molar-refractivity contribution is 6.24. The van der Waals surface area contributed by atoms with Crippen LogP contribution in [0.4, 0.5) is 28.8 Å². The van der Waals surface area contributed by atoms with Crippen LogP contribution in [0.3, 0.4) is 0 Å². The Morgan fingerprint density at radius 3 is 2.31 bits per heavy atom. The number of carbonyl (C=O) groups excluding carboxylic acids is 6. The van der Waals surface area contributed by atoms with Crippen molar-refractivity contribution >= 4 is 75.7 Å². The maximum absolute atomic E-state index is 13.8. The van der Waals surface area contributed by atoms with Gasteiger partial charge >= 0.3 is 0 Å². The number of amides is 5. The van der Waals surface area contributed by atoms with E-state index in [2.05, 4.69) is 45.6 Å². The number of pyridine rings is 1. The predicted octanol–water partition coefficient (Wildman–Crippen LogP) is 5.14.